The summed E-state index contributed by atoms with van der Waals surface area (Å²) >= 11 is 8.30. The molecular formula is C22H21ClN4O2S. The van der Waals surface area contributed by atoms with Crippen LogP contribution in [0, 0.1) is 18.3 Å². The fourth-order valence-corrected chi connectivity index (χ4v) is 4.36. The maximum atomic E-state index is 12.2. The predicted octanol–water partition coefficient (Wildman–Crippen LogP) is 4.19. The first-order chi connectivity index (χ1) is 14.2. The van der Waals surface area contributed by atoms with Gasteiger partial charge < -0.3 is 0 Å². The molecule has 3 rings (SSSR count). The molecule has 0 amide bonds. The Hall–Kier alpha value is -2.82. The van der Waals surface area contributed by atoms with Gasteiger partial charge in [-0.05, 0) is 66.0 Å². The molecule has 0 radical (unpaired) electrons. The lowest BCUT2D eigenvalue weighted by Crippen LogP contribution is -2.33. The van der Waals surface area contributed by atoms with Gasteiger partial charge in [-0.25, -0.2) is 4.79 Å². The molecule has 0 unspecified atom stereocenters. The van der Waals surface area contributed by atoms with Crippen LogP contribution in [0.25, 0.3) is 5.69 Å². The molecule has 0 aliphatic heterocycles. The number of nitrogens with zero attached hydrogens (tertiary/aromatic N) is 3. The van der Waals surface area contributed by atoms with Gasteiger partial charge >= 0.3 is 5.69 Å². The van der Waals surface area contributed by atoms with Crippen molar-refractivity contribution < 1.29 is 0 Å². The molecule has 0 spiro atoms. The van der Waals surface area contributed by atoms with Crippen LogP contribution in [0.2, 0.25) is 5.02 Å². The summed E-state index contributed by atoms with van der Waals surface area (Å²) in [5.41, 5.74) is 2.76. The molecule has 0 saturated carbocycles. The zero-order valence-corrected chi connectivity index (χ0v) is 18.7. The smallest absolute Gasteiger partial charge is 0.270 e. The van der Waals surface area contributed by atoms with E-state index in [-0.39, 0.29) is 5.69 Å². The predicted molar refractivity (Wildman–Crippen MR) is 120 cm³/mol. The largest absolute Gasteiger partial charge is 0.349 e. The zero-order chi connectivity index (χ0) is 22.0. The number of nitriles is 1. The molecule has 0 aliphatic carbocycles. The van der Waals surface area contributed by atoms with Gasteiger partial charge in [-0.1, -0.05) is 37.6 Å². The van der Waals surface area contributed by atoms with Gasteiger partial charge in [-0.15, -0.1) is 16.9 Å². The van der Waals surface area contributed by atoms with Crippen molar-refractivity contribution in [2.24, 2.45) is 0 Å². The summed E-state index contributed by atoms with van der Waals surface area (Å²) in [5.74, 6) is 0.416. The van der Waals surface area contributed by atoms with Crippen LogP contribution in [0.15, 0.2) is 44.8 Å². The Labute approximate surface area is 183 Å². The summed E-state index contributed by atoms with van der Waals surface area (Å²) in [6.07, 6.45) is 2.72. The first-order valence-electron chi connectivity index (χ1n) is 9.35. The van der Waals surface area contributed by atoms with Crippen molar-refractivity contribution in [2.75, 3.05) is 6.26 Å². The molecule has 3 aromatic rings. The minimum absolute atomic E-state index is 0.387. The van der Waals surface area contributed by atoms with E-state index in [1.165, 1.54) is 10.5 Å². The average molecular weight is 441 g/mol. The maximum absolute atomic E-state index is 12.2. The molecule has 0 fully saturated rings. The van der Waals surface area contributed by atoms with Crippen molar-refractivity contribution >= 4 is 23.4 Å². The van der Waals surface area contributed by atoms with E-state index < -0.39 is 11.2 Å². The third kappa shape index (κ3) is 4.35. The Morgan fingerprint density at radius 2 is 2.00 bits per heavy atom. The molecule has 0 bridgehead atoms. The quantitative estimate of drug-likeness (QED) is 0.600. The van der Waals surface area contributed by atoms with E-state index in [4.69, 9.17) is 16.9 Å². The second-order valence-corrected chi connectivity index (χ2v) is 8.52. The van der Waals surface area contributed by atoms with Gasteiger partial charge in [0.05, 0.1) is 5.69 Å². The highest BCUT2D eigenvalue weighted by Gasteiger charge is 2.14. The summed E-state index contributed by atoms with van der Waals surface area (Å²) in [5, 5.41) is 13.4. The lowest BCUT2D eigenvalue weighted by molar-refractivity contribution is 0.739. The monoisotopic (exact) mass is 440 g/mol. The number of aromatic nitrogens is 3. The van der Waals surface area contributed by atoms with Gasteiger partial charge in [-0.2, -0.15) is 9.94 Å². The van der Waals surface area contributed by atoms with Crippen molar-refractivity contribution in [3.05, 3.63) is 84.1 Å². The van der Waals surface area contributed by atoms with E-state index in [0.717, 1.165) is 21.4 Å². The summed E-state index contributed by atoms with van der Waals surface area (Å²) in [6.45, 7) is 6.26. The van der Waals surface area contributed by atoms with E-state index >= 15 is 0 Å². The molecule has 2 aromatic carbocycles. The van der Waals surface area contributed by atoms with Crippen LogP contribution < -0.4 is 11.2 Å². The highest BCUT2D eigenvalue weighted by atomic mass is 35.5. The average Bonchev–Trinajstić information content (AvgIpc) is 2.70. The van der Waals surface area contributed by atoms with Gasteiger partial charge in [0, 0.05) is 9.92 Å². The van der Waals surface area contributed by atoms with Gasteiger partial charge in [-0.3, -0.25) is 9.78 Å². The maximum Gasteiger partial charge on any atom is 0.349 e. The first-order valence-corrected chi connectivity index (χ1v) is 10.9. The molecule has 0 saturated heterocycles. The van der Waals surface area contributed by atoms with Crippen LogP contribution >= 0.6 is 23.4 Å². The minimum atomic E-state index is -0.812. The standard InChI is InChI=1S/C22H21ClN4O2S/c1-12(2)16-8-14(5-6-20(16)30-4)9-17-13(3)7-15(10-18(17)23)27-22(29)25-21(28)19(11-24)26-27/h5-8,10,12H,9H2,1-4H3,(H,25,28,29). The molecule has 8 heteroatoms. The van der Waals surface area contributed by atoms with Crippen molar-refractivity contribution in [3.63, 3.8) is 0 Å². The molecule has 30 heavy (non-hydrogen) atoms. The number of benzene rings is 2. The van der Waals surface area contributed by atoms with Crippen molar-refractivity contribution in [1.29, 1.82) is 5.26 Å². The molecule has 1 N–H and O–H groups in total. The SMILES string of the molecule is CSc1ccc(Cc2c(C)cc(-n3nc(C#N)c(=O)[nH]c3=O)cc2Cl)cc1C(C)C. The van der Waals surface area contributed by atoms with E-state index in [0.29, 0.717) is 23.0 Å². The van der Waals surface area contributed by atoms with Gasteiger partial charge in [0.15, 0.2) is 0 Å². The fraction of sp³-hybridized carbons (Fsp3) is 0.273. The topological polar surface area (TPSA) is 91.5 Å². The summed E-state index contributed by atoms with van der Waals surface area (Å²) in [6, 6.07) is 11.5. The molecule has 6 nitrogen and oxygen atoms in total. The molecule has 154 valence electrons. The van der Waals surface area contributed by atoms with E-state index in [1.54, 1.807) is 30.0 Å². The number of halogens is 1. The Balaban J connectivity index is 2.03. The highest BCUT2D eigenvalue weighted by Crippen LogP contribution is 2.31. The first kappa shape index (κ1) is 21.9. The highest BCUT2D eigenvalue weighted by molar-refractivity contribution is 7.98. The number of rotatable bonds is 5. The fourth-order valence-electron chi connectivity index (χ4n) is 3.30. The van der Waals surface area contributed by atoms with Crippen LogP contribution in [0.3, 0.4) is 0 Å². The number of hydrogen-bond donors (Lipinski definition) is 1. The number of H-pyrrole nitrogens is 1. The summed E-state index contributed by atoms with van der Waals surface area (Å²) < 4.78 is 0.979. The molecule has 1 aromatic heterocycles. The van der Waals surface area contributed by atoms with Crippen molar-refractivity contribution in [3.8, 4) is 11.8 Å². The van der Waals surface area contributed by atoms with Crippen LogP contribution in [0.1, 0.15) is 47.7 Å². The van der Waals surface area contributed by atoms with E-state index in [9.17, 15) is 9.59 Å². The third-order valence-electron chi connectivity index (χ3n) is 4.88. The number of aryl methyl sites for hydroxylation is 1. The molecule has 0 aliphatic rings. The molecular weight excluding hydrogens is 420 g/mol. The van der Waals surface area contributed by atoms with Gasteiger partial charge in [0.2, 0.25) is 5.69 Å². The van der Waals surface area contributed by atoms with Crippen LogP contribution in [0.4, 0.5) is 0 Å². The Bertz CT molecular complexity index is 1250. The minimum Gasteiger partial charge on any atom is -0.270 e. The van der Waals surface area contributed by atoms with Crippen molar-refractivity contribution in [1.82, 2.24) is 14.8 Å². The molecule has 1 heterocycles. The van der Waals surface area contributed by atoms with E-state index in [2.05, 4.69) is 48.4 Å². The number of hydrogen-bond acceptors (Lipinski definition) is 5. The summed E-state index contributed by atoms with van der Waals surface area (Å²) in [7, 11) is 0. The van der Waals surface area contributed by atoms with Crippen LogP contribution in [-0.2, 0) is 6.42 Å². The normalized spacial score (nSPS) is 11.0. The number of thioether (sulfide) groups is 1. The number of nitrogens with one attached hydrogen (secondary N) is 1. The Kier molecular flexibility index (Phi) is 6.49. The second-order valence-electron chi connectivity index (χ2n) is 7.26. The number of aromatic amines is 1. The summed E-state index contributed by atoms with van der Waals surface area (Å²) in [4.78, 5) is 27.1. The van der Waals surface area contributed by atoms with Crippen LogP contribution in [0.5, 0.6) is 0 Å². The second kappa shape index (κ2) is 8.90. The van der Waals surface area contributed by atoms with Crippen LogP contribution in [-0.4, -0.2) is 21.0 Å². The van der Waals surface area contributed by atoms with Gasteiger partial charge in [0.25, 0.3) is 5.56 Å². The molecule has 0 atom stereocenters. The zero-order valence-electron chi connectivity index (χ0n) is 17.1. The lowest BCUT2D eigenvalue weighted by Gasteiger charge is -2.15. The Morgan fingerprint density at radius 1 is 1.27 bits per heavy atom. The third-order valence-corrected chi connectivity index (χ3v) is 6.03. The lowest BCUT2D eigenvalue weighted by atomic mass is 9.95. The Morgan fingerprint density at radius 3 is 2.60 bits per heavy atom. The van der Waals surface area contributed by atoms with Crippen molar-refractivity contribution in [2.45, 2.75) is 38.0 Å². The van der Waals surface area contributed by atoms with Gasteiger partial charge in [0.1, 0.15) is 6.07 Å². The van der Waals surface area contributed by atoms with E-state index in [1.807, 2.05) is 6.92 Å².